The third-order valence-corrected chi connectivity index (χ3v) is 4.89. The molecule has 2 aliphatic heterocycles. The number of nitrogens with zero attached hydrogens (tertiary/aromatic N) is 2. The van der Waals surface area contributed by atoms with Crippen molar-refractivity contribution in [2.45, 2.75) is 37.8 Å². The highest BCUT2D eigenvalue weighted by Gasteiger charge is 2.51. The molecule has 0 bridgehead atoms. The van der Waals surface area contributed by atoms with E-state index in [9.17, 15) is 18.4 Å². The molecule has 6 heteroatoms. The van der Waals surface area contributed by atoms with Gasteiger partial charge in [-0.25, -0.2) is 13.6 Å². The Kier molecular flexibility index (Phi) is 2.80. The Bertz CT molecular complexity index is 610. The van der Waals surface area contributed by atoms with Crippen molar-refractivity contribution in [1.29, 1.82) is 0 Å². The molecule has 1 unspecified atom stereocenters. The van der Waals surface area contributed by atoms with Crippen LogP contribution in [0, 0.1) is 5.92 Å². The maximum atomic E-state index is 12.9. The van der Waals surface area contributed by atoms with E-state index in [4.69, 9.17) is 0 Å². The molecule has 2 fully saturated rings. The van der Waals surface area contributed by atoms with Gasteiger partial charge in [-0.05, 0) is 17.0 Å². The van der Waals surface area contributed by atoms with E-state index < -0.39 is 12.0 Å². The molecule has 1 aromatic rings. The molecule has 4 rings (SSSR count). The molecule has 0 N–H and O–H groups in total. The van der Waals surface area contributed by atoms with Crippen LogP contribution in [0.4, 0.5) is 13.6 Å². The van der Waals surface area contributed by atoms with E-state index in [2.05, 4.69) is 0 Å². The van der Waals surface area contributed by atoms with Crippen LogP contribution in [0.25, 0.3) is 0 Å². The topological polar surface area (TPSA) is 40.6 Å². The van der Waals surface area contributed by atoms with Gasteiger partial charge >= 0.3 is 6.03 Å². The Balaban J connectivity index is 1.52. The number of fused-ring (bicyclic) bond motifs is 2. The Morgan fingerprint density at radius 2 is 1.82 bits per heavy atom. The van der Waals surface area contributed by atoms with E-state index in [1.54, 1.807) is 4.90 Å². The highest BCUT2D eigenvalue weighted by Crippen LogP contribution is 2.43. The van der Waals surface area contributed by atoms with Gasteiger partial charge in [-0.3, -0.25) is 9.69 Å². The number of alkyl halides is 2. The fourth-order valence-electron chi connectivity index (χ4n) is 3.71. The van der Waals surface area contributed by atoms with Gasteiger partial charge in [0, 0.05) is 32.4 Å². The summed E-state index contributed by atoms with van der Waals surface area (Å²) in [7, 11) is 0. The summed E-state index contributed by atoms with van der Waals surface area (Å²) in [6, 6.07) is 6.96. The van der Waals surface area contributed by atoms with Crippen LogP contribution >= 0.6 is 0 Å². The van der Waals surface area contributed by atoms with Gasteiger partial charge in [0.25, 0.3) is 5.91 Å². The van der Waals surface area contributed by atoms with Crippen LogP contribution in [-0.2, 0) is 17.8 Å². The highest BCUT2D eigenvalue weighted by atomic mass is 19.3. The molecule has 0 aromatic heterocycles. The lowest BCUT2D eigenvalue weighted by Gasteiger charge is -2.36. The first kappa shape index (κ1) is 13.7. The fraction of sp³-hybridized carbons (Fsp3) is 0.500. The SMILES string of the molecule is O=C1C2Cc3ccccc3CN2C(=O)N1CC1CC(F)(F)C1. The molecule has 116 valence electrons. The van der Waals surface area contributed by atoms with Crippen molar-refractivity contribution >= 4 is 11.9 Å². The number of carbonyl (C=O) groups is 2. The van der Waals surface area contributed by atoms with Crippen LogP contribution < -0.4 is 0 Å². The van der Waals surface area contributed by atoms with Crippen LogP contribution in [0.2, 0.25) is 0 Å². The molecular weight excluding hydrogens is 290 g/mol. The van der Waals surface area contributed by atoms with Crippen LogP contribution in [0.5, 0.6) is 0 Å². The molecule has 4 nitrogen and oxygen atoms in total. The quantitative estimate of drug-likeness (QED) is 0.787. The normalized spacial score (nSPS) is 26.7. The van der Waals surface area contributed by atoms with Crippen LogP contribution in [0.3, 0.4) is 0 Å². The van der Waals surface area contributed by atoms with Crippen molar-refractivity contribution in [2.75, 3.05) is 6.54 Å². The molecule has 22 heavy (non-hydrogen) atoms. The van der Waals surface area contributed by atoms with Gasteiger partial charge in [-0.15, -0.1) is 0 Å². The average Bonchev–Trinajstić information content (AvgIpc) is 2.68. The molecule has 1 saturated heterocycles. The molecule has 3 amide bonds. The minimum Gasteiger partial charge on any atom is -0.308 e. The number of amides is 3. The Hall–Kier alpha value is -1.98. The first-order valence-corrected chi connectivity index (χ1v) is 7.51. The predicted molar refractivity (Wildman–Crippen MR) is 74.3 cm³/mol. The molecule has 2 heterocycles. The van der Waals surface area contributed by atoms with Crippen molar-refractivity contribution in [3.8, 4) is 0 Å². The Labute approximate surface area is 126 Å². The van der Waals surface area contributed by atoms with Gasteiger partial charge in [0.15, 0.2) is 0 Å². The lowest BCUT2D eigenvalue weighted by Crippen LogP contribution is -2.45. The second-order valence-electron chi connectivity index (χ2n) is 6.48. The van der Waals surface area contributed by atoms with Crippen molar-refractivity contribution in [3.05, 3.63) is 35.4 Å². The number of imide groups is 1. The maximum absolute atomic E-state index is 12.9. The summed E-state index contributed by atoms with van der Waals surface area (Å²) < 4.78 is 25.9. The van der Waals surface area contributed by atoms with Gasteiger partial charge in [0.1, 0.15) is 6.04 Å². The van der Waals surface area contributed by atoms with E-state index in [0.29, 0.717) is 13.0 Å². The first-order valence-electron chi connectivity index (χ1n) is 7.51. The standard InChI is InChI=1S/C16H16F2N2O2/c17-16(18)6-10(7-16)8-20-14(21)13-5-11-3-1-2-4-12(11)9-19(13)15(20)22/h1-4,10,13H,5-9H2. The van der Waals surface area contributed by atoms with Crippen molar-refractivity contribution in [2.24, 2.45) is 5.92 Å². The number of carbonyl (C=O) groups excluding carboxylic acids is 2. The van der Waals surface area contributed by atoms with Gasteiger partial charge in [0.2, 0.25) is 5.92 Å². The third kappa shape index (κ3) is 2.01. The summed E-state index contributed by atoms with van der Waals surface area (Å²) in [4.78, 5) is 27.7. The minimum absolute atomic E-state index is 0.122. The number of urea groups is 1. The summed E-state index contributed by atoms with van der Waals surface area (Å²) in [5, 5.41) is 0. The largest absolute Gasteiger partial charge is 0.327 e. The van der Waals surface area contributed by atoms with E-state index in [-0.39, 0.29) is 37.2 Å². The van der Waals surface area contributed by atoms with E-state index in [0.717, 1.165) is 11.1 Å². The van der Waals surface area contributed by atoms with Crippen molar-refractivity contribution < 1.29 is 18.4 Å². The second kappa shape index (κ2) is 4.51. The fourth-order valence-corrected chi connectivity index (χ4v) is 3.71. The molecule has 3 aliphatic rings. The average molecular weight is 306 g/mol. The van der Waals surface area contributed by atoms with Crippen molar-refractivity contribution in [1.82, 2.24) is 9.80 Å². The maximum Gasteiger partial charge on any atom is 0.327 e. The molecule has 1 aliphatic carbocycles. The summed E-state index contributed by atoms with van der Waals surface area (Å²) in [6.45, 7) is 0.541. The van der Waals surface area contributed by atoms with Crippen LogP contribution in [0.15, 0.2) is 24.3 Å². The lowest BCUT2D eigenvalue weighted by atomic mass is 9.81. The zero-order valence-electron chi connectivity index (χ0n) is 12.0. The monoisotopic (exact) mass is 306 g/mol. The minimum atomic E-state index is -2.63. The number of hydrogen-bond acceptors (Lipinski definition) is 2. The molecule has 0 radical (unpaired) electrons. The highest BCUT2D eigenvalue weighted by molar-refractivity contribution is 6.04. The Morgan fingerprint density at radius 1 is 1.14 bits per heavy atom. The first-order chi connectivity index (χ1) is 10.4. The molecule has 1 saturated carbocycles. The van der Waals surface area contributed by atoms with Crippen molar-refractivity contribution in [3.63, 3.8) is 0 Å². The lowest BCUT2D eigenvalue weighted by molar-refractivity contribution is -0.135. The summed E-state index contributed by atoms with van der Waals surface area (Å²) in [5.41, 5.74) is 2.14. The molecule has 1 atom stereocenters. The summed E-state index contributed by atoms with van der Waals surface area (Å²) in [5.74, 6) is -3.14. The van der Waals surface area contributed by atoms with E-state index in [1.807, 2.05) is 24.3 Å². The number of halogens is 2. The second-order valence-corrected chi connectivity index (χ2v) is 6.48. The van der Waals surface area contributed by atoms with E-state index >= 15 is 0 Å². The summed E-state index contributed by atoms with van der Waals surface area (Å²) >= 11 is 0. The molecule has 1 aromatic carbocycles. The van der Waals surface area contributed by atoms with Gasteiger partial charge in [0.05, 0.1) is 0 Å². The Morgan fingerprint density at radius 3 is 2.50 bits per heavy atom. The smallest absolute Gasteiger partial charge is 0.308 e. The van der Waals surface area contributed by atoms with Gasteiger partial charge in [-0.1, -0.05) is 24.3 Å². The predicted octanol–water partition coefficient (Wildman–Crippen LogP) is 2.42. The van der Waals surface area contributed by atoms with Crippen LogP contribution in [0.1, 0.15) is 24.0 Å². The number of hydrogen-bond donors (Lipinski definition) is 0. The molecular formula is C16H16F2N2O2. The van der Waals surface area contributed by atoms with Gasteiger partial charge in [-0.2, -0.15) is 0 Å². The summed E-state index contributed by atoms with van der Waals surface area (Å²) in [6.07, 6.45) is 0.0575. The molecule has 0 spiro atoms. The third-order valence-electron chi connectivity index (χ3n) is 4.89. The van der Waals surface area contributed by atoms with E-state index in [1.165, 1.54) is 4.90 Å². The van der Waals surface area contributed by atoms with Crippen LogP contribution in [-0.4, -0.2) is 40.2 Å². The zero-order valence-corrected chi connectivity index (χ0v) is 12.0. The number of benzene rings is 1. The zero-order chi connectivity index (χ0) is 15.5. The van der Waals surface area contributed by atoms with Gasteiger partial charge < -0.3 is 4.90 Å². The number of rotatable bonds is 2.